The van der Waals surface area contributed by atoms with Crippen LogP contribution >= 0.6 is 0 Å². The summed E-state index contributed by atoms with van der Waals surface area (Å²) in [7, 11) is 0. The summed E-state index contributed by atoms with van der Waals surface area (Å²) in [6.45, 7) is 17.4. The van der Waals surface area contributed by atoms with Gasteiger partial charge in [-0.2, -0.15) is 0 Å². The van der Waals surface area contributed by atoms with Crippen molar-refractivity contribution >= 4 is 35.6 Å². The smallest absolute Gasteiger partial charge is 0.230 e. The number of nitrogens with one attached hydrogen (secondary N) is 2. The Bertz CT molecular complexity index is 1890. The highest BCUT2D eigenvalue weighted by Crippen LogP contribution is 2.29. The monoisotopic (exact) mass is 762 g/mol. The molecule has 0 aliphatic heterocycles. The van der Waals surface area contributed by atoms with E-state index < -0.39 is 10.8 Å². The molecule has 56 heavy (non-hydrogen) atoms. The van der Waals surface area contributed by atoms with Crippen LogP contribution in [0.1, 0.15) is 86.8 Å². The molecule has 4 aromatic rings. The van der Waals surface area contributed by atoms with Crippen molar-refractivity contribution < 1.29 is 29.3 Å². The molecule has 0 bridgehead atoms. The molecule has 0 aliphatic rings. The highest BCUT2D eigenvalue weighted by molar-refractivity contribution is 5.97. The van der Waals surface area contributed by atoms with Gasteiger partial charge in [-0.3, -0.25) is 19.6 Å². The van der Waals surface area contributed by atoms with Crippen LogP contribution in [0, 0.1) is 38.5 Å². The van der Waals surface area contributed by atoms with Crippen molar-refractivity contribution in [2.24, 2.45) is 20.8 Å². The molecule has 0 aromatic heterocycles. The summed E-state index contributed by atoms with van der Waals surface area (Å²) in [6.07, 6.45) is 5.80. The van der Waals surface area contributed by atoms with Crippen molar-refractivity contribution in [3.63, 3.8) is 0 Å². The molecular weight excluding hydrogens is 705 g/mol. The maximum absolute atomic E-state index is 13.2. The number of phenolic OH excluding ortho intramolecular Hbond substituents is 2. The fourth-order valence-corrected chi connectivity index (χ4v) is 5.86. The average molecular weight is 763 g/mol. The Labute approximate surface area is 332 Å². The van der Waals surface area contributed by atoms with Crippen LogP contribution < -0.4 is 20.1 Å². The molecule has 4 rings (SSSR count). The molecule has 2 amide bonds. The van der Waals surface area contributed by atoms with Crippen molar-refractivity contribution in [1.29, 1.82) is 0 Å². The SMILES string of the molecule is Cc1ccc(C)c(OCCCC(C)(C)C(=O)Nc2ccc(O)c(C=NCCN=Cc3cc(NC(=O)C(C)(C)CCCOc4cc(C)ccc4C)ccc3O)c2)c1. The Hall–Kier alpha value is -5.64. The Kier molecular flexibility index (Phi) is 15.2. The van der Waals surface area contributed by atoms with Crippen LogP contribution in [-0.4, -0.2) is 60.8 Å². The lowest BCUT2D eigenvalue weighted by Crippen LogP contribution is -2.31. The van der Waals surface area contributed by atoms with Crippen molar-refractivity contribution in [3.8, 4) is 23.0 Å². The zero-order chi connectivity index (χ0) is 40.9. The fourth-order valence-electron chi connectivity index (χ4n) is 5.86. The third-order valence-corrected chi connectivity index (χ3v) is 9.71. The number of aromatic hydroxyl groups is 2. The number of anilines is 2. The Balaban J connectivity index is 1.22. The van der Waals surface area contributed by atoms with Crippen LogP contribution in [0.25, 0.3) is 0 Å². The lowest BCUT2D eigenvalue weighted by atomic mass is 9.86. The lowest BCUT2D eigenvalue weighted by molar-refractivity contribution is -0.125. The van der Waals surface area contributed by atoms with Crippen LogP contribution in [0.2, 0.25) is 0 Å². The number of aliphatic imine (C=N–C) groups is 2. The molecule has 0 saturated heterocycles. The molecule has 0 spiro atoms. The minimum atomic E-state index is -0.636. The molecule has 298 valence electrons. The number of hydrogen-bond donors (Lipinski definition) is 4. The van der Waals surface area contributed by atoms with E-state index in [0.717, 1.165) is 46.6 Å². The third-order valence-electron chi connectivity index (χ3n) is 9.71. The molecule has 0 radical (unpaired) electrons. The van der Waals surface area contributed by atoms with Gasteiger partial charge in [0.15, 0.2) is 0 Å². The maximum atomic E-state index is 13.2. The largest absolute Gasteiger partial charge is 0.507 e. The van der Waals surface area contributed by atoms with Gasteiger partial charge in [0.05, 0.1) is 26.3 Å². The normalized spacial score (nSPS) is 11.9. The summed E-state index contributed by atoms with van der Waals surface area (Å²) in [6, 6.07) is 22.0. The number of phenols is 2. The van der Waals surface area contributed by atoms with E-state index in [4.69, 9.17) is 9.47 Å². The van der Waals surface area contributed by atoms with Crippen LogP contribution in [0.5, 0.6) is 23.0 Å². The summed E-state index contributed by atoms with van der Waals surface area (Å²) in [5.41, 5.74) is 5.21. The van der Waals surface area contributed by atoms with E-state index in [0.29, 0.717) is 61.6 Å². The molecule has 10 heteroatoms. The number of rotatable bonds is 19. The minimum absolute atomic E-state index is 0.0377. The topological polar surface area (TPSA) is 142 Å². The number of carbonyl (C=O) groups excluding carboxylic acids is 2. The molecule has 0 aliphatic carbocycles. The molecule has 0 atom stereocenters. The Morgan fingerprint density at radius 1 is 0.607 bits per heavy atom. The van der Waals surface area contributed by atoms with Gasteiger partial charge in [0, 0.05) is 45.8 Å². The average Bonchev–Trinajstić information content (AvgIpc) is 3.15. The second-order valence-electron chi connectivity index (χ2n) is 15.7. The van der Waals surface area contributed by atoms with Crippen LogP contribution in [0.4, 0.5) is 11.4 Å². The van der Waals surface area contributed by atoms with Gasteiger partial charge in [-0.15, -0.1) is 0 Å². The van der Waals surface area contributed by atoms with E-state index in [1.807, 2.05) is 79.7 Å². The summed E-state index contributed by atoms with van der Waals surface area (Å²) < 4.78 is 11.9. The molecule has 4 aromatic carbocycles. The van der Waals surface area contributed by atoms with E-state index in [1.165, 1.54) is 12.1 Å². The molecule has 0 heterocycles. The van der Waals surface area contributed by atoms with Gasteiger partial charge in [-0.1, -0.05) is 52.0 Å². The summed E-state index contributed by atoms with van der Waals surface area (Å²) in [4.78, 5) is 35.2. The summed E-state index contributed by atoms with van der Waals surface area (Å²) in [5.74, 6) is 1.56. The number of hydrogen-bond acceptors (Lipinski definition) is 8. The summed E-state index contributed by atoms with van der Waals surface area (Å²) >= 11 is 0. The second kappa shape index (κ2) is 19.8. The Morgan fingerprint density at radius 3 is 1.39 bits per heavy atom. The van der Waals surface area contributed by atoms with Gasteiger partial charge >= 0.3 is 0 Å². The van der Waals surface area contributed by atoms with Crippen LogP contribution in [0.15, 0.2) is 82.8 Å². The first-order valence-electron chi connectivity index (χ1n) is 19.2. The molecule has 0 unspecified atom stereocenters. The molecule has 0 fully saturated rings. The van der Waals surface area contributed by atoms with Crippen LogP contribution in [-0.2, 0) is 9.59 Å². The van der Waals surface area contributed by atoms with E-state index in [1.54, 1.807) is 36.7 Å². The maximum Gasteiger partial charge on any atom is 0.230 e. The second-order valence-corrected chi connectivity index (χ2v) is 15.7. The quantitative estimate of drug-likeness (QED) is 0.0426. The van der Waals surface area contributed by atoms with Gasteiger partial charge < -0.3 is 30.3 Å². The lowest BCUT2D eigenvalue weighted by Gasteiger charge is -2.24. The molecule has 10 nitrogen and oxygen atoms in total. The van der Waals surface area contributed by atoms with Crippen molar-refractivity contribution in [3.05, 3.63) is 106 Å². The van der Waals surface area contributed by atoms with Crippen molar-refractivity contribution in [2.45, 2.75) is 81.1 Å². The van der Waals surface area contributed by atoms with Gasteiger partial charge in [-0.25, -0.2) is 0 Å². The van der Waals surface area contributed by atoms with Crippen molar-refractivity contribution in [1.82, 2.24) is 0 Å². The molecule has 4 N–H and O–H groups in total. The standard InChI is InChI=1S/C46H58N4O6/c1-31-11-13-33(3)41(25-31)55-23-9-19-45(5,6)43(53)49-37-15-17-39(51)35(27-37)29-47-21-22-48-30-36-28-38(16-18-40(36)52)50-44(54)46(7,8)20-10-24-56-42-26-32(2)12-14-34(42)4/h11-18,25-30,51-52H,9-10,19-24H2,1-8H3,(H,49,53)(H,50,54). The first kappa shape index (κ1) is 43.1. The van der Waals surface area contributed by atoms with Crippen molar-refractivity contribution in [2.75, 3.05) is 36.9 Å². The number of ether oxygens (including phenoxy) is 2. The highest BCUT2D eigenvalue weighted by Gasteiger charge is 2.28. The predicted molar refractivity (Wildman–Crippen MR) is 227 cm³/mol. The number of amides is 2. The van der Waals surface area contributed by atoms with Gasteiger partial charge in [0.2, 0.25) is 11.8 Å². The van der Waals surface area contributed by atoms with Crippen LogP contribution in [0.3, 0.4) is 0 Å². The molecular formula is C46H58N4O6. The third kappa shape index (κ3) is 13.0. The van der Waals surface area contributed by atoms with Gasteiger partial charge in [-0.05, 0) is 124 Å². The number of nitrogens with zero attached hydrogens (tertiary/aromatic N) is 2. The number of carbonyl (C=O) groups is 2. The van der Waals surface area contributed by atoms with E-state index in [2.05, 4.69) is 32.8 Å². The first-order chi connectivity index (χ1) is 26.5. The number of aryl methyl sites for hydroxylation is 4. The Morgan fingerprint density at radius 2 is 1.00 bits per heavy atom. The van der Waals surface area contributed by atoms with Gasteiger partial charge in [0.25, 0.3) is 0 Å². The zero-order valence-corrected chi connectivity index (χ0v) is 34.2. The summed E-state index contributed by atoms with van der Waals surface area (Å²) in [5, 5.41) is 26.8. The number of benzene rings is 4. The highest BCUT2D eigenvalue weighted by atomic mass is 16.5. The first-order valence-corrected chi connectivity index (χ1v) is 19.2. The fraction of sp³-hybridized carbons (Fsp3) is 0.391. The van der Waals surface area contributed by atoms with E-state index in [9.17, 15) is 19.8 Å². The molecule has 0 saturated carbocycles. The predicted octanol–water partition coefficient (Wildman–Crippen LogP) is 9.52. The van der Waals surface area contributed by atoms with Gasteiger partial charge in [0.1, 0.15) is 23.0 Å². The minimum Gasteiger partial charge on any atom is -0.507 e. The van der Waals surface area contributed by atoms with E-state index >= 15 is 0 Å². The zero-order valence-electron chi connectivity index (χ0n) is 34.2. The van der Waals surface area contributed by atoms with E-state index in [-0.39, 0.29) is 23.3 Å².